The minimum Gasteiger partial charge on any atom is -0.375 e. The maximum atomic E-state index is 13.4. The molecule has 2 aromatic rings. The van der Waals surface area contributed by atoms with Gasteiger partial charge >= 0.3 is 0 Å². The van der Waals surface area contributed by atoms with Crippen LogP contribution in [0.5, 0.6) is 0 Å². The monoisotopic (exact) mass is 288 g/mol. The Morgan fingerprint density at radius 1 is 1.19 bits per heavy atom. The highest BCUT2D eigenvalue weighted by atomic mass is 19.1. The number of nitrogens with one attached hydrogen (secondary N) is 1. The summed E-state index contributed by atoms with van der Waals surface area (Å²) >= 11 is 0. The predicted molar refractivity (Wildman–Crippen MR) is 82.1 cm³/mol. The molecule has 0 aliphatic carbocycles. The second-order valence-corrected chi connectivity index (χ2v) is 5.12. The molecule has 0 fully saturated rings. The van der Waals surface area contributed by atoms with E-state index in [2.05, 4.69) is 5.43 Å². The molecule has 0 aliphatic rings. The van der Waals surface area contributed by atoms with Crippen LogP contribution < -0.4 is 11.3 Å². The Morgan fingerprint density at radius 2 is 1.90 bits per heavy atom. The van der Waals surface area contributed by atoms with Gasteiger partial charge in [0.05, 0.1) is 12.1 Å². The van der Waals surface area contributed by atoms with Crippen LogP contribution in [0.4, 0.5) is 4.39 Å². The summed E-state index contributed by atoms with van der Waals surface area (Å²) in [5.41, 5.74) is 5.81. The van der Waals surface area contributed by atoms with Crippen LogP contribution in [0.2, 0.25) is 0 Å². The van der Waals surface area contributed by atoms with Gasteiger partial charge in [-0.3, -0.25) is 11.3 Å². The first kappa shape index (κ1) is 15.6. The molecule has 3 nitrogen and oxygen atoms in total. The van der Waals surface area contributed by atoms with Gasteiger partial charge in [0.2, 0.25) is 0 Å². The van der Waals surface area contributed by atoms with Crippen molar-refractivity contribution in [2.24, 2.45) is 5.84 Å². The summed E-state index contributed by atoms with van der Waals surface area (Å²) in [6.07, 6.45) is 0.395. The summed E-state index contributed by atoms with van der Waals surface area (Å²) in [6.45, 7) is 1.96. The topological polar surface area (TPSA) is 47.3 Å². The molecule has 0 saturated carbocycles. The number of hydrazine groups is 1. The highest BCUT2D eigenvalue weighted by molar-refractivity contribution is 5.28. The Hall–Kier alpha value is -1.75. The van der Waals surface area contributed by atoms with Gasteiger partial charge in [0.15, 0.2) is 0 Å². The summed E-state index contributed by atoms with van der Waals surface area (Å²) in [6, 6.07) is 14.5. The number of benzene rings is 2. The summed E-state index contributed by atoms with van der Waals surface area (Å²) in [7, 11) is 1.65. The zero-order valence-electron chi connectivity index (χ0n) is 12.3. The number of aryl methyl sites for hydroxylation is 1. The molecule has 0 heterocycles. The molecule has 2 rings (SSSR count). The fourth-order valence-electron chi connectivity index (χ4n) is 2.53. The number of rotatable bonds is 6. The van der Waals surface area contributed by atoms with Crippen molar-refractivity contribution in [1.82, 2.24) is 5.43 Å². The average Bonchev–Trinajstić information content (AvgIpc) is 2.51. The maximum absolute atomic E-state index is 13.4. The van der Waals surface area contributed by atoms with Crippen molar-refractivity contribution in [1.29, 1.82) is 0 Å². The molecule has 0 aromatic heterocycles. The van der Waals surface area contributed by atoms with Gasteiger partial charge in [0.1, 0.15) is 5.82 Å². The summed E-state index contributed by atoms with van der Waals surface area (Å²) in [5, 5.41) is 0. The number of methoxy groups -OCH3 is 1. The number of hydrogen-bond donors (Lipinski definition) is 2. The molecule has 2 atom stereocenters. The lowest BCUT2D eigenvalue weighted by Gasteiger charge is -2.26. The van der Waals surface area contributed by atoms with Crippen LogP contribution in [-0.2, 0) is 11.2 Å². The first-order chi connectivity index (χ1) is 10.2. The van der Waals surface area contributed by atoms with E-state index >= 15 is 0 Å². The lowest BCUT2D eigenvalue weighted by atomic mass is 9.94. The third-order valence-electron chi connectivity index (χ3n) is 3.71. The van der Waals surface area contributed by atoms with E-state index in [9.17, 15) is 4.39 Å². The Bertz CT molecular complexity index is 574. The van der Waals surface area contributed by atoms with Crippen LogP contribution in [0.25, 0.3) is 0 Å². The number of nitrogens with two attached hydrogens (primary N) is 1. The van der Waals surface area contributed by atoms with Crippen molar-refractivity contribution in [3.63, 3.8) is 0 Å². The summed E-state index contributed by atoms with van der Waals surface area (Å²) < 4.78 is 19.0. The number of halogens is 1. The van der Waals surface area contributed by atoms with Crippen molar-refractivity contribution in [2.45, 2.75) is 25.5 Å². The molecule has 3 N–H and O–H groups in total. The van der Waals surface area contributed by atoms with Crippen LogP contribution in [0.3, 0.4) is 0 Å². The van der Waals surface area contributed by atoms with Crippen molar-refractivity contribution < 1.29 is 9.13 Å². The predicted octanol–water partition coefficient (Wildman–Crippen LogP) is 2.90. The third kappa shape index (κ3) is 3.88. The lowest BCUT2D eigenvalue weighted by Crippen LogP contribution is -2.42. The van der Waals surface area contributed by atoms with Crippen LogP contribution >= 0.6 is 0 Å². The third-order valence-corrected chi connectivity index (χ3v) is 3.71. The van der Waals surface area contributed by atoms with Crippen LogP contribution in [0.15, 0.2) is 48.5 Å². The van der Waals surface area contributed by atoms with Gasteiger partial charge in [-0.05, 0) is 42.2 Å². The summed E-state index contributed by atoms with van der Waals surface area (Å²) in [4.78, 5) is 0. The van der Waals surface area contributed by atoms with E-state index in [1.54, 1.807) is 19.2 Å². The van der Waals surface area contributed by atoms with Gasteiger partial charge in [-0.2, -0.15) is 0 Å². The van der Waals surface area contributed by atoms with E-state index in [4.69, 9.17) is 10.6 Å². The second kappa shape index (κ2) is 7.31. The van der Waals surface area contributed by atoms with Crippen molar-refractivity contribution in [3.05, 3.63) is 71.0 Å². The van der Waals surface area contributed by atoms with Gasteiger partial charge in [-0.1, -0.05) is 36.4 Å². The highest BCUT2D eigenvalue weighted by Gasteiger charge is 2.23. The van der Waals surface area contributed by atoms with Crippen molar-refractivity contribution in [3.8, 4) is 0 Å². The van der Waals surface area contributed by atoms with Gasteiger partial charge in [0.25, 0.3) is 0 Å². The van der Waals surface area contributed by atoms with Crippen LogP contribution in [0, 0.1) is 12.7 Å². The van der Waals surface area contributed by atoms with E-state index in [0.717, 1.165) is 16.7 Å². The summed E-state index contributed by atoms with van der Waals surface area (Å²) in [5.74, 6) is 5.46. The van der Waals surface area contributed by atoms with E-state index in [1.165, 1.54) is 6.07 Å². The second-order valence-electron chi connectivity index (χ2n) is 5.12. The van der Waals surface area contributed by atoms with Gasteiger partial charge in [0, 0.05) is 7.11 Å². The van der Waals surface area contributed by atoms with Crippen molar-refractivity contribution in [2.75, 3.05) is 7.11 Å². The fraction of sp³-hybridized carbons (Fsp3) is 0.294. The molecular formula is C17H21FN2O. The first-order valence-electron chi connectivity index (χ1n) is 6.94. The fourth-order valence-corrected chi connectivity index (χ4v) is 2.53. The minimum atomic E-state index is -0.236. The van der Waals surface area contributed by atoms with E-state index in [-0.39, 0.29) is 18.0 Å². The minimum absolute atomic E-state index is 0.141. The normalized spacial score (nSPS) is 13.9. The molecule has 112 valence electrons. The molecule has 2 aromatic carbocycles. The van der Waals surface area contributed by atoms with Crippen LogP contribution in [0.1, 0.15) is 22.8 Å². The molecule has 0 aliphatic heterocycles. The van der Waals surface area contributed by atoms with E-state index in [1.807, 2.05) is 37.3 Å². The zero-order valence-corrected chi connectivity index (χ0v) is 12.3. The standard InChI is InChI=1S/C17H21FN2O/c1-12-8-9-15(18)10-14(12)11-16(20-19)17(21-2)13-6-4-3-5-7-13/h3-10,16-17,20H,11,19H2,1-2H3. The lowest BCUT2D eigenvalue weighted by molar-refractivity contribution is 0.0678. The number of hydrogen-bond acceptors (Lipinski definition) is 3. The molecule has 21 heavy (non-hydrogen) atoms. The zero-order chi connectivity index (χ0) is 15.2. The Labute approximate surface area is 124 Å². The van der Waals surface area contributed by atoms with E-state index in [0.29, 0.717) is 6.42 Å². The van der Waals surface area contributed by atoms with Crippen molar-refractivity contribution >= 4 is 0 Å². The number of ether oxygens (including phenoxy) is 1. The van der Waals surface area contributed by atoms with Gasteiger partial charge in [-0.25, -0.2) is 4.39 Å². The molecular weight excluding hydrogens is 267 g/mol. The Kier molecular flexibility index (Phi) is 5.44. The molecule has 4 heteroatoms. The van der Waals surface area contributed by atoms with E-state index < -0.39 is 0 Å². The maximum Gasteiger partial charge on any atom is 0.123 e. The highest BCUT2D eigenvalue weighted by Crippen LogP contribution is 2.24. The molecule has 0 bridgehead atoms. The Balaban J connectivity index is 2.24. The molecule has 0 spiro atoms. The first-order valence-corrected chi connectivity index (χ1v) is 6.94. The molecule has 0 saturated heterocycles. The van der Waals surface area contributed by atoms with Crippen LogP contribution in [-0.4, -0.2) is 13.2 Å². The molecule has 2 unspecified atom stereocenters. The smallest absolute Gasteiger partial charge is 0.123 e. The Morgan fingerprint density at radius 3 is 2.52 bits per heavy atom. The quantitative estimate of drug-likeness (QED) is 0.634. The van der Waals surface area contributed by atoms with Gasteiger partial charge < -0.3 is 4.74 Å². The van der Waals surface area contributed by atoms with Gasteiger partial charge in [-0.15, -0.1) is 0 Å². The molecule has 0 amide bonds. The SMILES string of the molecule is COC(c1ccccc1)C(Cc1cc(F)ccc1C)NN. The largest absolute Gasteiger partial charge is 0.375 e. The molecule has 0 radical (unpaired) electrons. The average molecular weight is 288 g/mol.